The number of hydrogen-bond donors (Lipinski definition) is 1. The molecule has 1 heterocycles. The summed E-state index contributed by atoms with van der Waals surface area (Å²) in [7, 11) is 0. The maximum atomic E-state index is 14.0. The summed E-state index contributed by atoms with van der Waals surface area (Å²) < 4.78 is 41.7. The lowest BCUT2D eigenvalue weighted by Gasteiger charge is -2.45. The molecule has 132 valence electrons. The summed E-state index contributed by atoms with van der Waals surface area (Å²) in [6.07, 6.45) is 0.406. The third kappa shape index (κ3) is 3.42. The average Bonchev–Trinajstić information content (AvgIpc) is 2.50. The summed E-state index contributed by atoms with van der Waals surface area (Å²) in [5, 5.41) is 0. The SMILES string of the molecule is NC(=O)c1nccc(=O)n1CC1(Cc2ccc(F)cc2F)CC(F)C1. The minimum Gasteiger partial charge on any atom is -0.363 e. The second kappa shape index (κ2) is 6.34. The Labute approximate surface area is 141 Å². The number of carbonyl (C=O) groups is 1. The van der Waals surface area contributed by atoms with Crippen LogP contribution in [0.4, 0.5) is 13.2 Å². The molecule has 1 amide bonds. The van der Waals surface area contributed by atoms with Crippen LogP contribution in [-0.2, 0) is 13.0 Å². The van der Waals surface area contributed by atoms with E-state index < -0.39 is 34.7 Å². The predicted molar refractivity (Wildman–Crippen MR) is 83.6 cm³/mol. The Kier molecular flexibility index (Phi) is 4.36. The van der Waals surface area contributed by atoms with Crippen LogP contribution in [0.25, 0.3) is 0 Å². The lowest BCUT2D eigenvalue weighted by atomic mass is 9.64. The quantitative estimate of drug-likeness (QED) is 0.895. The molecule has 0 aliphatic heterocycles. The minimum absolute atomic E-state index is 0.0187. The Bertz CT molecular complexity index is 876. The molecule has 1 saturated carbocycles. The van der Waals surface area contributed by atoms with Gasteiger partial charge in [0.15, 0.2) is 0 Å². The largest absolute Gasteiger partial charge is 0.363 e. The number of halogens is 3. The fourth-order valence-electron chi connectivity index (χ4n) is 3.40. The molecule has 3 rings (SSSR count). The van der Waals surface area contributed by atoms with Gasteiger partial charge < -0.3 is 5.73 Å². The predicted octanol–water partition coefficient (Wildman–Crippen LogP) is 1.98. The van der Waals surface area contributed by atoms with Crippen molar-refractivity contribution in [2.75, 3.05) is 0 Å². The van der Waals surface area contributed by atoms with Gasteiger partial charge in [-0.25, -0.2) is 18.2 Å². The van der Waals surface area contributed by atoms with Crippen LogP contribution in [0, 0.1) is 17.0 Å². The van der Waals surface area contributed by atoms with Gasteiger partial charge in [0.1, 0.15) is 17.8 Å². The summed E-state index contributed by atoms with van der Waals surface area (Å²) in [6.45, 7) is -0.0187. The van der Waals surface area contributed by atoms with Crippen molar-refractivity contribution in [3.8, 4) is 0 Å². The molecular weight excluding hydrogens is 335 g/mol. The summed E-state index contributed by atoms with van der Waals surface area (Å²) >= 11 is 0. The second-order valence-electron chi connectivity index (χ2n) is 6.48. The van der Waals surface area contributed by atoms with E-state index in [1.165, 1.54) is 18.3 Å². The molecule has 8 heteroatoms. The highest BCUT2D eigenvalue weighted by Crippen LogP contribution is 2.47. The molecular formula is C17H16F3N3O2. The van der Waals surface area contributed by atoms with E-state index in [-0.39, 0.29) is 37.2 Å². The van der Waals surface area contributed by atoms with Crippen molar-refractivity contribution in [3.63, 3.8) is 0 Å². The van der Waals surface area contributed by atoms with Crippen molar-refractivity contribution >= 4 is 5.91 Å². The number of nitrogens with two attached hydrogens (primary N) is 1. The Morgan fingerprint density at radius 1 is 1.32 bits per heavy atom. The topological polar surface area (TPSA) is 78.0 Å². The standard InChI is InChI=1S/C17H16F3N3O2/c18-11-2-1-10(13(20)5-11)6-17(7-12(19)8-17)9-23-14(24)3-4-22-16(23)15(21)25/h1-5,12H,6-9H2,(H2,21,25). The smallest absolute Gasteiger partial charge is 0.284 e. The third-order valence-electron chi connectivity index (χ3n) is 4.54. The van der Waals surface area contributed by atoms with Crippen LogP contribution >= 0.6 is 0 Å². The Balaban J connectivity index is 1.95. The highest BCUT2D eigenvalue weighted by atomic mass is 19.1. The lowest BCUT2D eigenvalue weighted by Crippen LogP contribution is -2.47. The number of primary amides is 1. The van der Waals surface area contributed by atoms with Gasteiger partial charge in [0.05, 0.1) is 0 Å². The van der Waals surface area contributed by atoms with Gasteiger partial charge in [-0.05, 0) is 36.3 Å². The van der Waals surface area contributed by atoms with E-state index in [4.69, 9.17) is 5.73 Å². The molecule has 0 bridgehead atoms. The molecule has 0 spiro atoms. The van der Waals surface area contributed by atoms with E-state index in [0.29, 0.717) is 0 Å². The molecule has 0 atom stereocenters. The van der Waals surface area contributed by atoms with Crippen molar-refractivity contribution < 1.29 is 18.0 Å². The van der Waals surface area contributed by atoms with Crippen molar-refractivity contribution in [2.45, 2.75) is 32.0 Å². The number of nitrogens with zero attached hydrogens (tertiary/aromatic N) is 2. The number of carbonyl (C=O) groups excluding carboxylic acids is 1. The van der Waals surface area contributed by atoms with Crippen molar-refractivity contribution in [2.24, 2.45) is 11.1 Å². The van der Waals surface area contributed by atoms with E-state index in [1.807, 2.05) is 0 Å². The molecule has 5 nitrogen and oxygen atoms in total. The van der Waals surface area contributed by atoms with Gasteiger partial charge in [-0.1, -0.05) is 6.07 Å². The second-order valence-corrected chi connectivity index (χ2v) is 6.48. The summed E-state index contributed by atoms with van der Waals surface area (Å²) in [6, 6.07) is 4.37. The number of amides is 1. The van der Waals surface area contributed by atoms with E-state index in [2.05, 4.69) is 4.98 Å². The van der Waals surface area contributed by atoms with Gasteiger partial charge in [-0.3, -0.25) is 14.2 Å². The zero-order valence-electron chi connectivity index (χ0n) is 13.2. The lowest BCUT2D eigenvalue weighted by molar-refractivity contribution is 0.00801. The fraction of sp³-hybridized carbons (Fsp3) is 0.353. The van der Waals surface area contributed by atoms with Gasteiger partial charge >= 0.3 is 0 Å². The highest BCUT2D eigenvalue weighted by Gasteiger charge is 2.46. The fourth-order valence-corrected chi connectivity index (χ4v) is 3.40. The van der Waals surface area contributed by atoms with Crippen molar-refractivity contribution in [1.29, 1.82) is 0 Å². The first kappa shape index (κ1) is 17.2. The molecule has 1 aliphatic rings. The molecule has 1 aliphatic carbocycles. The first-order valence-corrected chi connectivity index (χ1v) is 7.73. The molecule has 1 aromatic carbocycles. The minimum atomic E-state index is -1.08. The van der Waals surface area contributed by atoms with Gasteiger partial charge in [-0.2, -0.15) is 0 Å². The molecule has 2 aromatic rings. The first-order chi connectivity index (χ1) is 11.8. The number of benzene rings is 1. The van der Waals surface area contributed by atoms with E-state index in [1.54, 1.807) is 0 Å². The van der Waals surface area contributed by atoms with E-state index >= 15 is 0 Å². The molecule has 2 N–H and O–H groups in total. The van der Waals surface area contributed by atoms with Crippen LogP contribution in [0.3, 0.4) is 0 Å². The number of alkyl halides is 1. The van der Waals surface area contributed by atoms with Crippen LogP contribution in [0.5, 0.6) is 0 Å². The number of rotatable bonds is 5. The number of hydrogen-bond acceptors (Lipinski definition) is 3. The van der Waals surface area contributed by atoms with E-state index in [9.17, 15) is 22.8 Å². The third-order valence-corrected chi connectivity index (χ3v) is 4.54. The van der Waals surface area contributed by atoms with Crippen LogP contribution < -0.4 is 11.3 Å². The maximum absolute atomic E-state index is 14.0. The summed E-state index contributed by atoms with van der Waals surface area (Å²) in [5.41, 5.74) is 4.21. The van der Waals surface area contributed by atoms with Crippen molar-refractivity contribution in [1.82, 2.24) is 9.55 Å². The summed E-state index contributed by atoms with van der Waals surface area (Å²) in [4.78, 5) is 27.4. The zero-order valence-corrected chi connectivity index (χ0v) is 13.2. The van der Waals surface area contributed by atoms with Crippen LogP contribution in [0.1, 0.15) is 29.0 Å². The highest BCUT2D eigenvalue weighted by molar-refractivity contribution is 5.88. The molecule has 1 aromatic heterocycles. The molecule has 1 fully saturated rings. The first-order valence-electron chi connectivity index (χ1n) is 7.73. The Morgan fingerprint density at radius 2 is 2.04 bits per heavy atom. The van der Waals surface area contributed by atoms with Gasteiger partial charge in [0, 0.05) is 24.9 Å². The molecule has 0 radical (unpaired) electrons. The molecule has 0 unspecified atom stereocenters. The summed E-state index contributed by atoms with van der Waals surface area (Å²) in [5.74, 6) is -2.53. The maximum Gasteiger partial charge on any atom is 0.284 e. The monoisotopic (exact) mass is 351 g/mol. The average molecular weight is 351 g/mol. The normalized spacial score (nSPS) is 22.4. The Hall–Kier alpha value is -2.64. The van der Waals surface area contributed by atoms with Crippen LogP contribution in [0.15, 0.2) is 35.3 Å². The van der Waals surface area contributed by atoms with Crippen LogP contribution in [0.2, 0.25) is 0 Å². The molecule has 25 heavy (non-hydrogen) atoms. The number of aromatic nitrogens is 2. The Morgan fingerprint density at radius 3 is 2.64 bits per heavy atom. The van der Waals surface area contributed by atoms with Gasteiger partial charge in [-0.15, -0.1) is 0 Å². The molecule has 0 saturated heterocycles. The van der Waals surface area contributed by atoms with Crippen LogP contribution in [-0.4, -0.2) is 21.6 Å². The van der Waals surface area contributed by atoms with E-state index in [0.717, 1.165) is 16.7 Å². The van der Waals surface area contributed by atoms with Gasteiger partial charge in [0.2, 0.25) is 5.82 Å². The van der Waals surface area contributed by atoms with Gasteiger partial charge in [0.25, 0.3) is 11.5 Å². The van der Waals surface area contributed by atoms with Crippen molar-refractivity contribution in [3.05, 3.63) is 63.8 Å². The zero-order chi connectivity index (χ0) is 18.2.